The number of methoxy groups -OCH3 is 2. The smallest absolute Gasteiger partial charge is 0.410 e. The molecule has 1 aliphatic heterocycles. The predicted molar refractivity (Wildman–Crippen MR) is 183 cm³/mol. The van der Waals surface area contributed by atoms with Crippen LogP contribution in [-0.4, -0.2) is 79.9 Å². The number of piperidine rings is 1. The zero-order chi connectivity index (χ0) is 34.3. The number of ether oxygens (including phenoxy) is 4. The Morgan fingerprint density at radius 1 is 0.938 bits per heavy atom. The molecule has 2 aliphatic carbocycles. The van der Waals surface area contributed by atoms with Gasteiger partial charge in [-0.05, 0) is 76.1 Å². The molecule has 5 rings (SSSR count). The lowest BCUT2D eigenvalue weighted by Gasteiger charge is -2.40. The summed E-state index contributed by atoms with van der Waals surface area (Å²) in [5, 5.41) is 3.42. The summed E-state index contributed by atoms with van der Waals surface area (Å²) in [6.45, 7) is 7.37. The van der Waals surface area contributed by atoms with Gasteiger partial charge in [-0.3, -0.25) is 9.59 Å². The molecule has 10 nitrogen and oxygen atoms in total. The highest BCUT2D eigenvalue weighted by Gasteiger charge is 2.45. The molecule has 48 heavy (non-hydrogen) atoms. The second-order valence-corrected chi connectivity index (χ2v) is 14.6. The van der Waals surface area contributed by atoms with Crippen LogP contribution in [0.15, 0.2) is 48.5 Å². The highest BCUT2D eigenvalue weighted by molar-refractivity contribution is 5.85. The van der Waals surface area contributed by atoms with E-state index in [1.54, 1.807) is 19.1 Å². The number of carbonyl (C=O) groups is 3. The van der Waals surface area contributed by atoms with E-state index in [1.807, 2.05) is 62.1 Å². The molecule has 2 aromatic carbocycles. The SMILES string of the molecule is COCCCOc1cc(CN(C(=O)[C@@H]2C[C@H](C(=O)NC3(c4ccccc4)CCCC3)CN(C(=O)OC(C)(C)C)C2)C2CC2)cc(OC)c1. The van der Waals surface area contributed by atoms with Crippen LogP contribution in [-0.2, 0) is 31.1 Å². The van der Waals surface area contributed by atoms with Gasteiger partial charge in [-0.25, -0.2) is 4.79 Å². The molecule has 1 saturated heterocycles. The number of nitrogens with zero attached hydrogens (tertiary/aromatic N) is 2. The van der Waals surface area contributed by atoms with Crippen molar-refractivity contribution in [2.75, 3.05) is 40.5 Å². The van der Waals surface area contributed by atoms with Gasteiger partial charge in [0.15, 0.2) is 0 Å². The summed E-state index contributed by atoms with van der Waals surface area (Å²) in [6, 6.07) is 16.0. The average Bonchev–Trinajstić information content (AvgIpc) is 3.81. The largest absolute Gasteiger partial charge is 0.497 e. The molecule has 3 aliphatic rings. The molecule has 0 aromatic heterocycles. The molecule has 0 spiro atoms. The fourth-order valence-corrected chi connectivity index (χ4v) is 7.02. The summed E-state index contributed by atoms with van der Waals surface area (Å²) in [5.74, 6) is 0.0663. The lowest BCUT2D eigenvalue weighted by atomic mass is 9.84. The number of benzene rings is 2. The number of likely N-dealkylation sites (tertiary alicyclic amines) is 1. The van der Waals surface area contributed by atoms with E-state index in [9.17, 15) is 14.4 Å². The van der Waals surface area contributed by atoms with Crippen LogP contribution in [0.4, 0.5) is 4.79 Å². The van der Waals surface area contributed by atoms with Gasteiger partial charge in [0.2, 0.25) is 11.8 Å². The van der Waals surface area contributed by atoms with Gasteiger partial charge in [-0.1, -0.05) is 43.2 Å². The molecule has 0 unspecified atom stereocenters. The second-order valence-electron chi connectivity index (χ2n) is 14.6. The van der Waals surface area contributed by atoms with Crippen LogP contribution in [0.2, 0.25) is 0 Å². The lowest BCUT2D eigenvalue weighted by molar-refractivity contribution is -0.141. The topological polar surface area (TPSA) is 107 Å². The van der Waals surface area contributed by atoms with E-state index in [-0.39, 0.29) is 30.9 Å². The number of carbonyl (C=O) groups excluding carboxylic acids is 3. The van der Waals surface area contributed by atoms with E-state index in [2.05, 4.69) is 17.4 Å². The quantitative estimate of drug-likeness (QED) is 0.260. The zero-order valence-corrected chi connectivity index (χ0v) is 29.3. The molecule has 1 heterocycles. The van der Waals surface area contributed by atoms with Gasteiger partial charge in [-0.2, -0.15) is 0 Å². The maximum absolute atomic E-state index is 14.5. The molecule has 1 N–H and O–H groups in total. The van der Waals surface area contributed by atoms with Gasteiger partial charge in [0.25, 0.3) is 0 Å². The molecule has 262 valence electrons. The van der Waals surface area contributed by atoms with Crippen LogP contribution in [0.25, 0.3) is 0 Å². The number of rotatable bonds is 13. The first-order valence-corrected chi connectivity index (χ1v) is 17.5. The fraction of sp³-hybridized carbons (Fsp3) is 0.605. The van der Waals surface area contributed by atoms with E-state index in [0.717, 1.165) is 56.1 Å². The Balaban J connectivity index is 1.36. The number of hydrogen-bond donors (Lipinski definition) is 1. The molecular formula is C38H53N3O7. The first-order valence-electron chi connectivity index (χ1n) is 17.5. The minimum absolute atomic E-state index is 0.0485. The summed E-state index contributed by atoms with van der Waals surface area (Å²) in [5.41, 5.74) is 0.852. The highest BCUT2D eigenvalue weighted by Crippen LogP contribution is 2.40. The van der Waals surface area contributed by atoms with Crippen LogP contribution in [0, 0.1) is 11.8 Å². The maximum Gasteiger partial charge on any atom is 0.410 e. The molecule has 3 amide bonds. The molecule has 10 heteroatoms. The lowest BCUT2D eigenvalue weighted by Crippen LogP contribution is -2.55. The first-order chi connectivity index (χ1) is 23.0. The maximum atomic E-state index is 14.5. The zero-order valence-electron chi connectivity index (χ0n) is 29.3. The predicted octanol–water partition coefficient (Wildman–Crippen LogP) is 6.06. The second kappa shape index (κ2) is 15.6. The van der Waals surface area contributed by atoms with Crippen molar-refractivity contribution in [1.82, 2.24) is 15.1 Å². The Kier molecular flexibility index (Phi) is 11.6. The third kappa shape index (κ3) is 9.21. The fourth-order valence-electron chi connectivity index (χ4n) is 7.02. The molecule has 2 aromatic rings. The van der Waals surface area contributed by atoms with Crippen LogP contribution in [0.5, 0.6) is 11.5 Å². The summed E-state index contributed by atoms with van der Waals surface area (Å²) in [4.78, 5) is 45.5. The van der Waals surface area contributed by atoms with E-state index >= 15 is 0 Å². The van der Waals surface area contributed by atoms with Crippen molar-refractivity contribution in [1.29, 1.82) is 0 Å². The number of amides is 3. The number of hydrogen-bond acceptors (Lipinski definition) is 7. The minimum atomic E-state index is -0.706. The molecular weight excluding hydrogens is 610 g/mol. The molecule has 0 radical (unpaired) electrons. The standard InChI is InChI=1S/C38H53N3O7/c1-37(2,3)48-36(44)40-25-28(34(42)39-38(16-9-10-17-38)30-12-7-6-8-13-30)22-29(26-40)35(43)41(31-14-15-31)24-27-20-32(46-5)23-33(21-27)47-19-11-18-45-4/h6-8,12-13,20-21,23,28-29,31H,9-11,14-19,22,24-26H2,1-5H3,(H,39,42)/t28-,29+/m0/s1. The minimum Gasteiger partial charge on any atom is -0.497 e. The van der Waals surface area contributed by atoms with Gasteiger partial charge in [0.1, 0.15) is 17.1 Å². The number of nitrogens with one attached hydrogen (secondary N) is 1. The van der Waals surface area contributed by atoms with E-state index in [1.165, 1.54) is 0 Å². The summed E-state index contributed by atoms with van der Waals surface area (Å²) in [6.07, 6.45) is 6.25. The van der Waals surface area contributed by atoms with Crippen LogP contribution in [0.1, 0.15) is 83.3 Å². The molecule has 2 saturated carbocycles. The Labute approximate surface area is 285 Å². The van der Waals surface area contributed by atoms with Crippen LogP contribution >= 0.6 is 0 Å². The third-order valence-corrected chi connectivity index (χ3v) is 9.53. The summed E-state index contributed by atoms with van der Waals surface area (Å²) >= 11 is 0. The van der Waals surface area contributed by atoms with Crippen molar-refractivity contribution in [3.05, 3.63) is 59.7 Å². The third-order valence-electron chi connectivity index (χ3n) is 9.53. The van der Waals surface area contributed by atoms with Crippen LogP contribution < -0.4 is 14.8 Å². The van der Waals surface area contributed by atoms with Crippen LogP contribution in [0.3, 0.4) is 0 Å². The molecule has 0 bridgehead atoms. The van der Waals surface area contributed by atoms with Crippen molar-refractivity contribution in [3.63, 3.8) is 0 Å². The van der Waals surface area contributed by atoms with E-state index < -0.39 is 29.1 Å². The monoisotopic (exact) mass is 663 g/mol. The van der Waals surface area contributed by atoms with Gasteiger partial charge in [0, 0.05) is 51.9 Å². The van der Waals surface area contributed by atoms with Gasteiger partial charge in [0.05, 0.1) is 31.1 Å². The highest BCUT2D eigenvalue weighted by atomic mass is 16.6. The van der Waals surface area contributed by atoms with Crippen molar-refractivity contribution in [2.24, 2.45) is 11.8 Å². The average molecular weight is 664 g/mol. The summed E-state index contributed by atoms with van der Waals surface area (Å²) in [7, 11) is 3.28. The Morgan fingerprint density at radius 2 is 1.62 bits per heavy atom. The summed E-state index contributed by atoms with van der Waals surface area (Å²) < 4.78 is 22.4. The van der Waals surface area contributed by atoms with Gasteiger partial charge < -0.3 is 34.1 Å². The van der Waals surface area contributed by atoms with Gasteiger partial charge >= 0.3 is 6.09 Å². The Bertz CT molecular complexity index is 1400. The normalized spacial score (nSPS) is 20.6. The first kappa shape index (κ1) is 35.5. The van der Waals surface area contributed by atoms with Gasteiger partial charge in [-0.15, -0.1) is 0 Å². The Hall–Kier alpha value is -3.79. The molecule has 3 fully saturated rings. The van der Waals surface area contributed by atoms with E-state index in [4.69, 9.17) is 18.9 Å². The van der Waals surface area contributed by atoms with E-state index in [0.29, 0.717) is 37.7 Å². The molecule has 2 atom stereocenters. The van der Waals surface area contributed by atoms with Crippen molar-refractivity contribution in [3.8, 4) is 11.5 Å². The van der Waals surface area contributed by atoms with Crippen molar-refractivity contribution >= 4 is 17.9 Å². The van der Waals surface area contributed by atoms with Crippen molar-refractivity contribution < 1.29 is 33.3 Å². The Morgan fingerprint density at radius 3 is 2.27 bits per heavy atom. The van der Waals surface area contributed by atoms with Crippen molar-refractivity contribution in [2.45, 2.75) is 95.9 Å².